The van der Waals surface area contributed by atoms with E-state index in [2.05, 4.69) is 20.4 Å². The van der Waals surface area contributed by atoms with Crippen LogP contribution in [-0.4, -0.2) is 72.2 Å². The quantitative estimate of drug-likeness (QED) is 0.628. The Morgan fingerprint density at radius 2 is 2.21 bits per heavy atom. The smallest absolute Gasteiger partial charge is 0.227 e. The standard InChI is InChI=1S/C12H22N4O3/c1-10-14-12(19-15-10)2-3-13-8-11(17)9-16-4-6-18-7-5-16/h11,13,17H,2-9H2,1H3. The maximum Gasteiger partial charge on any atom is 0.227 e. The van der Waals surface area contributed by atoms with Crippen molar-refractivity contribution in [2.24, 2.45) is 0 Å². The number of nitrogens with one attached hydrogen (secondary N) is 1. The highest BCUT2D eigenvalue weighted by molar-refractivity contribution is 4.83. The summed E-state index contributed by atoms with van der Waals surface area (Å²) in [5.41, 5.74) is 0. The Kier molecular flexibility index (Phi) is 5.71. The Morgan fingerprint density at radius 3 is 2.89 bits per heavy atom. The van der Waals surface area contributed by atoms with Crippen LogP contribution >= 0.6 is 0 Å². The Balaban J connectivity index is 1.54. The highest BCUT2D eigenvalue weighted by Gasteiger charge is 2.14. The molecule has 19 heavy (non-hydrogen) atoms. The molecule has 0 aromatic carbocycles. The zero-order valence-corrected chi connectivity index (χ0v) is 11.3. The van der Waals surface area contributed by atoms with E-state index in [1.165, 1.54) is 0 Å². The predicted octanol–water partition coefficient (Wildman–Crippen LogP) is -0.797. The van der Waals surface area contributed by atoms with Gasteiger partial charge in [-0.1, -0.05) is 5.16 Å². The van der Waals surface area contributed by atoms with Crippen LogP contribution in [0.15, 0.2) is 4.52 Å². The fourth-order valence-corrected chi connectivity index (χ4v) is 2.05. The summed E-state index contributed by atoms with van der Waals surface area (Å²) in [6.45, 7) is 7.11. The van der Waals surface area contributed by atoms with E-state index < -0.39 is 0 Å². The van der Waals surface area contributed by atoms with E-state index in [0.717, 1.165) is 32.8 Å². The number of β-amino-alcohol motifs (C(OH)–C–C–N with tert-alkyl or cyclic N) is 1. The van der Waals surface area contributed by atoms with Gasteiger partial charge in [0.1, 0.15) is 0 Å². The van der Waals surface area contributed by atoms with Crippen LogP contribution in [0.2, 0.25) is 0 Å². The summed E-state index contributed by atoms with van der Waals surface area (Å²) in [7, 11) is 0. The molecule has 7 heteroatoms. The first-order valence-electron chi connectivity index (χ1n) is 6.72. The molecule has 108 valence electrons. The summed E-state index contributed by atoms with van der Waals surface area (Å²) in [6.07, 6.45) is 0.327. The van der Waals surface area contributed by atoms with Gasteiger partial charge < -0.3 is 19.7 Å². The van der Waals surface area contributed by atoms with Crippen LogP contribution in [-0.2, 0) is 11.2 Å². The molecule has 1 aromatic heterocycles. The molecule has 1 unspecified atom stereocenters. The summed E-state index contributed by atoms with van der Waals surface area (Å²) in [4.78, 5) is 6.34. The lowest BCUT2D eigenvalue weighted by molar-refractivity contribution is 0.0150. The molecule has 1 saturated heterocycles. The maximum atomic E-state index is 9.91. The molecule has 1 aliphatic heterocycles. The van der Waals surface area contributed by atoms with Crippen LogP contribution in [0.4, 0.5) is 0 Å². The van der Waals surface area contributed by atoms with Gasteiger partial charge in [0.25, 0.3) is 0 Å². The topological polar surface area (TPSA) is 83.7 Å². The monoisotopic (exact) mass is 270 g/mol. The molecule has 0 spiro atoms. The molecule has 7 nitrogen and oxygen atoms in total. The molecule has 0 amide bonds. The molecule has 2 N–H and O–H groups in total. The third-order valence-corrected chi connectivity index (χ3v) is 3.04. The van der Waals surface area contributed by atoms with E-state index in [1.54, 1.807) is 6.92 Å². The highest BCUT2D eigenvalue weighted by atomic mass is 16.5. The molecular weight excluding hydrogens is 248 g/mol. The lowest BCUT2D eigenvalue weighted by atomic mass is 10.3. The van der Waals surface area contributed by atoms with Crippen molar-refractivity contribution in [1.82, 2.24) is 20.4 Å². The average molecular weight is 270 g/mol. The van der Waals surface area contributed by atoms with Gasteiger partial charge in [-0.3, -0.25) is 4.90 Å². The van der Waals surface area contributed by atoms with Crippen molar-refractivity contribution >= 4 is 0 Å². The molecule has 0 saturated carbocycles. The molecule has 1 aromatic rings. The molecule has 2 heterocycles. The number of morpholine rings is 1. The zero-order chi connectivity index (χ0) is 13.5. The predicted molar refractivity (Wildman–Crippen MR) is 68.9 cm³/mol. The number of nitrogens with zero attached hydrogens (tertiary/aromatic N) is 3. The van der Waals surface area contributed by atoms with Gasteiger partial charge in [0, 0.05) is 39.1 Å². The Hall–Kier alpha value is -1.02. The van der Waals surface area contributed by atoms with Gasteiger partial charge in [0.15, 0.2) is 5.82 Å². The van der Waals surface area contributed by atoms with Crippen LogP contribution in [0.5, 0.6) is 0 Å². The summed E-state index contributed by atoms with van der Waals surface area (Å²) >= 11 is 0. The van der Waals surface area contributed by atoms with Gasteiger partial charge in [-0.25, -0.2) is 0 Å². The molecule has 0 aliphatic carbocycles. The molecule has 1 aliphatic rings. The largest absolute Gasteiger partial charge is 0.390 e. The molecule has 2 rings (SSSR count). The van der Waals surface area contributed by atoms with Crippen molar-refractivity contribution in [2.75, 3.05) is 45.9 Å². The molecular formula is C12H22N4O3. The van der Waals surface area contributed by atoms with E-state index in [4.69, 9.17) is 9.26 Å². The van der Waals surface area contributed by atoms with Crippen molar-refractivity contribution in [3.05, 3.63) is 11.7 Å². The minimum absolute atomic E-state index is 0.359. The van der Waals surface area contributed by atoms with E-state index in [0.29, 0.717) is 31.2 Å². The molecule has 1 fully saturated rings. The van der Waals surface area contributed by atoms with Crippen LogP contribution < -0.4 is 5.32 Å². The molecule has 0 bridgehead atoms. The summed E-state index contributed by atoms with van der Waals surface area (Å²) < 4.78 is 10.3. The van der Waals surface area contributed by atoms with Gasteiger partial charge in [-0.05, 0) is 6.92 Å². The van der Waals surface area contributed by atoms with Gasteiger partial charge >= 0.3 is 0 Å². The number of aliphatic hydroxyl groups is 1. The number of aryl methyl sites for hydroxylation is 1. The maximum absolute atomic E-state index is 9.91. The van der Waals surface area contributed by atoms with Crippen molar-refractivity contribution in [3.8, 4) is 0 Å². The first-order chi connectivity index (χ1) is 9.24. The summed E-state index contributed by atoms with van der Waals surface area (Å²) in [5.74, 6) is 1.29. The van der Waals surface area contributed by atoms with Gasteiger partial charge in [-0.2, -0.15) is 4.98 Å². The third kappa shape index (κ3) is 5.23. The van der Waals surface area contributed by atoms with Crippen LogP contribution in [0.1, 0.15) is 11.7 Å². The van der Waals surface area contributed by atoms with Crippen LogP contribution in [0.25, 0.3) is 0 Å². The number of aliphatic hydroxyl groups excluding tert-OH is 1. The highest BCUT2D eigenvalue weighted by Crippen LogP contribution is 1.99. The van der Waals surface area contributed by atoms with E-state index in [1.807, 2.05) is 0 Å². The van der Waals surface area contributed by atoms with Crippen LogP contribution in [0.3, 0.4) is 0 Å². The van der Waals surface area contributed by atoms with Crippen molar-refractivity contribution in [2.45, 2.75) is 19.4 Å². The number of ether oxygens (including phenoxy) is 1. The number of rotatable bonds is 7. The minimum atomic E-state index is -0.359. The van der Waals surface area contributed by atoms with E-state index in [-0.39, 0.29) is 6.10 Å². The number of hydrogen-bond acceptors (Lipinski definition) is 7. The fourth-order valence-electron chi connectivity index (χ4n) is 2.05. The Labute approximate surface area is 112 Å². The van der Waals surface area contributed by atoms with Crippen molar-refractivity contribution in [3.63, 3.8) is 0 Å². The second-order valence-electron chi connectivity index (χ2n) is 4.76. The first kappa shape index (κ1) is 14.4. The SMILES string of the molecule is Cc1noc(CCNCC(O)CN2CCOCC2)n1. The van der Waals surface area contributed by atoms with Crippen LogP contribution in [0, 0.1) is 6.92 Å². The number of hydrogen-bond donors (Lipinski definition) is 2. The normalized spacial score (nSPS) is 18.6. The fraction of sp³-hybridized carbons (Fsp3) is 0.833. The van der Waals surface area contributed by atoms with Gasteiger partial charge in [-0.15, -0.1) is 0 Å². The summed E-state index contributed by atoms with van der Waals surface area (Å²) in [6, 6.07) is 0. The first-order valence-corrected chi connectivity index (χ1v) is 6.72. The van der Waals surface area contributed by atoms with Crippen molar-refractivity contribution in [1.29, 1.82) is 0 Å². The van der Waals surface area contributed by atoms with Gasteiger partial charge in [0.2, 0.25) is 5.89 Å². The minimum Gasteiger partial charge on any atom is -0.390 e. The Bertz CT molecular complexity index is 366. The lowest BCUT2D eigenvalue weighted by Crippen LogP contribution is -2.43. The lowest BCUT2D eigenvalue weighted by Gasteiger charge is -2.28. The summed E-state index contributed by atoms with van der Waals surface area (Å²) in [5, 5.41) is 16.8. The Morgan fingerprint density at radius 1 is 1.42 bits per heavy atom. The van der Waals surface area contributed by atoms with E-state index in [9.17, 15) is 5.11 Å². The second-order valence-corrected chi connectivity index (χ2v) is 4.76. The zero-order valence-electron chi connectivity index (χ0n) is 11.3. The van der Waals surface area contributed by atoms with Gasteiger partial charge in [0.05, 0.1) is 19.3 Å². The molecule has 0 radical (unpaired) electrons. The van der Waals surface area contributed by atoms with Crippen molar-refractivity contribution < 1.29 is 14.4 Å². The average Bonchev–Trinajstić information content (AvgIpc) is 2.82. The number of aromatic nitrogens is 2. The molecule has 1 atom stereocenters. The third-order valence-electron chi connectivity index (χ3n) is 3.04. The van der Waals surface area contributed by atoms with E-state index >= 15 is 0 Å². The second kappa shape index (κ2) is 7.54.